The maximum absolute atomic E-state index is 6.17. The van der Waals surface area contributed by atoms with Gasteiger partial charge in [0.05, 0.1) is 6.04 Å². The fourth-order valence-corrected chi connectivity index (χ4v) is 2.27. The normalized spacial score (nSPS) is 12.4. The van der Waals surface area contributed by atoms with E-state index in [1.165, 1.54) is 11.1 Å². The van der Waals surface area contributed by atoms with Crippen LogP contribution in [0.15, 0.2) is 48.5 Å². The Labute approximate surface area is 107 Å². The van der Waals surface area contributed by atoms with Crippen molar-refractivity contribution in [3.8, 4) is 0 Å². The molecule has 0 radical (unpaired) electrons. The van der Waals surface area contributed by atoms with Crippen molar-refractivity contribution < 1.29 is 0 Å². The standard InChI is InChI=1S/C15H16ClN/c1-11-13(9-6-10-14(11)16)15(17-2)12-7-4-3-5-8-12/h3-10,15,17H,1-2H3. The van der Waals surface area contributed by atoms with Crippen LogP contribution >= 0.6 is 11.6 Å². The highest BCUT2D eigenvalue weighted by atomic mass is 35.5. The lowest BCUT2D eigenvalue weighted by Crippen LogP contribution is -2.18. The van der Waals surface area contributed by atoms with Gasteiger partial charge in [0.25, 0.3) is 0 Å². The monoisotopic (exact) mass is 245 g/mol. The molecular formula is C15H16ClN. The van der Waals surface area contributed by atoms with E-state index in [1.807, 2.05) is 25.2 Å². The second-order valence-corrected chi connectivity index (χ2v) is 4.49. The third-order valence-electron chi connectivity index (χ3n) is 3.04. The van der Waals surface area contributed by atoms with E-state index >= 15 is 0 Å². The lowest BCUT2D eigenvalue weighted by atomic mass is 9.95. The molecule has 0 aliphatic rings. The van der Waals surface area contributed by atoms with Gasteiger partial charge in [0.15, 0.2) is 0 Å². The molecule has 2 rings (SSSR count). The first-order chi connectivity index (χ1) is 8.24. The predicted molar refractivity (Wildman–Crippen MR) is 73.5 cm³/mol. The van der Waals surface area contributed by atoms with E-state index in [0.717, 1.165) is 10.6 Å². The minimum atomic E-state index is 0.190. The molecule has 1 N–H and O–H groups in total. The van der Waals surface area contributed by atoms with Gasteiger partial charge in [-0.3, -0.25) is 0 Å². The summed E-state index contributed by atoms with van der Waals surface area (Å²) in [6, 6.07) is 16.6. The summed E-state index contributed by atoms with van der Waals surface area (Å²) < 4.78 is 0. The highest BCUT2D eigenvalue weighted by Crippen LogP contribution is 2.28. The largest absolute Gasteiger partial charge is 0.309 e. The molecule has 2 aromatic rings. The van der Waals surface area contributed by atoms with E-state index in [-0.39, 0.29) is 6.04 Å². The Kier molecular flexibility index (Phi) is 3.82. The number of hydrogen-bond acceptors (Lipinski definition) is 1. The van der Waals surface area contributed by atoms with Gasteiger partial charge in [0.1, 0.15) is 0 Å². The summed E-state index contributed by atoms with van der Waals surface area (Å²) in [5.41, 5.74) is 3.61. The zero-order chi connectivity index (χ0) is 12.3. The van der Waals surface area contributed by atoms with Crippen LogP contribution in [0.4, 0.5) is 0 Å². The molecule has 17 heavy (non-hydrogen) atoms. The molecule has 0 fully saturated rings. The molecule has 2 heteroatoms. The summed E-state index contributed by atoms with van der Waals surface area (Å²) in [7, 11) is 1.97. The van der Waals surface area contributed by atoms with E-state index in [0.29, 0.717) is 0 Å². The molecule has 1 unspecified atom stereocenters. The first-order valence-corrected chi connectivity index (χ1v) is 6.09. The lowest BCUT2D eigenvalue weighted by molar-refractivity contribution is 0.687. The summed E-state index contributed by atoms with van der Waals surface area (Å²) in [6.45, 7) is 2.06. The number of rotatable bonds is 3. The lowest BCUT2D eigenvalue weighted by Gasteiger charge is -2.20. The van der Waals surface area contributed by atoms with Gasteiger partial charge >= 0.3 is 0 Å². The van der Waals surface area contributed by atoms with Crippen LogP contribution in [0.2, 0.25) is 5.02 Å². The zero-order valence-corrected chi connectivity index (χ0v) is 10.8. The fraction of sp³-hybridized carbons (Fsp3) is 0.200. The van der Waals surface area contributed by atoms with Crippen molar-refractivity contribution in [2.24, 2.45) is 0 Å². The molecule has 0 aromatic heterocycles. The Morgan fingerprint density at radius 3 is 2.35 bits per heavy atom. The molecule has 0 aliphatic carbocycles. The Morgan fingerprint density at radius 2 is 1.71 bits per heavy atom. The molecule has 0 aliphatic heterocycles. The van der Waals surface area contributed by atoms with Gasteiger partial charge in [0, 0.05) is 5.02 Å². The molecule has 0 bridgehead atoms. The third kappa shape index (κ3) is 2.51. The summed E-state index contributed by atoms with van der Waals surface area (Å²) in [6.07, 6.45) is 0. The maximum Gasteiger partial charge on any atom is 0.0577 e. The van der Waals surface area contributed by atoms with Crippen LogP contribution in [0, 0.1) is 6.92 Å². The number of nitrogens with one attached hydrogen (secondary N) is 1. The topological polar surface area (TPSA) is 12.0 Å². The first kappa shape index (κ1) is 12.2. The Balaban J connectivity index is 2.46. The van der Waals surface area contributed by atoms with Gasteiger partial charge < -0.3 is 5.32 Å². The number of halogens is 1. The van der Waals surface area contributed by atoms with Crippen LogP contribution in [0.5, 0.6) is 0 Å². The zero-order valence-electron chi connectivity index (χ0n) is 10.1. The smallest absolute Gasteiger partial charge is 0.0577 e. The fourth-order valence-electron chi connectivity index (χ4n) is 2.08. The van der Waals surface area contributed by atoms with Gasteiger partial charge in [-0.15, -0.1) is 0 Å². The molecule has 1 atom stereocenters. The van der Waals surface area contributed by atoms with Gasteiger partial charge in [-0.05, 0) is 36.7 Å². The van der Waals surface area contributed by atoms with E-state index in [9.17, 15) is 0 Å². The van der Waals surface area contributed by atoms with Crippen molar-refractivity contribution in [3.63, 3.8) is 0 Å². The molecule has 2 aromatic carbocycles. The summed E-state index contributed by atoms with van der Waals surface area (Å²) >= 11 is 6.17. The van der Waals surface area contributed by atoms with E-state index in [4.69, 9.17) is 11.6 Å². The van der Waals surface area contributed by atoms with Crippen LogP contribution in [-0.4, -0.2) is 7.05 Å². The van der Waals surface area contributed by atoms with Crippen LogP contribution in [0.25, 0.3) is 0 Å². The van der Waals surface area contributed by atoms with Crippen LogP contribution in [-0.2, 0) is 0 Å². The molecule has 0 amide bonds. The SMILES string of the molecule is CNC(c1ccccc1)c1cccc(Cl)c1C. The molecule has 0 spiro atoms. The molecule has 0 heterocycles. The first-order valence-electron chi connectivity index (χ1n) is 5.71. The Morgan fingerprint density at radius 1 is 1.00 bits per heavy atom. The summed E-state index contributed by atoms with van der Waals surface area (Å²) in [5.74, 6) is 0. The maximum atomic E-state index is 6.17. The third-order valence-corrected chi connectivity index (χ3v) is 3.45. The Hall–Kier alpha value is -1.31. The van der Waals surface area contributed by atoms with Crippen molar-refractivity contribution in [1.82, 2.24) is 5.32 Å². The summed E-state index contributed by atoms with van der Waals surface area (Å²) in [5, 5.41) is 4.16. The van der Waals surface area contributed by atoms with E-state index in [2.05, 4.69) is 42.6 Å². The van der Waals surface area contributed by atoms with E-state index < -0.39 is 0 Å². The van der Waals surface area contributed by atoms with Crippen LogP contribution in [0.3, 0.4) is 0 Å². The number of benzene rings is 2. The van der Waals surface area contributed by atoms with Crippen LogP contribution < -0.4 is 5.32 Å². The quantitative estimate of drug-likeness (QED) is 0.863. The van der Waals surface area contributed by atoms with Crippen LogP contribution in [0.1, 0.15) is 22.7 Å². The highest BCUT2D eigenvalue weighted by molar-refractivity contribution is 6.31. The molecular weight excluding hydrogens is 230 g/mol. The van der Waals surface area contributed by atoms with Gasteiger partial charge in [-0.25, -0.2) is 0 Å². The average molecular weight is 246 g/mol. The van der Waals surface area contributed by atoms with Crippen molar-refractivity contribution in [2.45, 2.75) is 13.0 Å². The molecule has 0 saturated carbocycles. The number of hydrogen-bond donors (Lipinski definition) is 1. The van der Waals surface area contributed by atoms with Crippen molar-refractivity contribution in [1.29, 1.82) is 0 Å². The second-order valence-electron chi connectivity index (χ2n) is 4.09. The average Bonchev–Trinajstić information content (AvgIpc) is 2.37. The molecule has 0 saturated heterocycles. The molecule has 88 valence electrons. The summed E-state index contributed by atoms with van der Waals surface area (Å²) in [4.78, 5) is 0. The minimum Gasteiger partial charge on any atom is -0.309 e. The van der Waals surface area contributed by atoms with Crippen molar-refractivity contribution in [2.75, 3.05) is 7.05 Å². The Bertz CT molecular complexity index is 494. The van der Waals surface area contributed by atoms with Gasteiger partial charge in [-0.2, -0.15) is 0 Å². The highest BCUT2D eigenvalue weighted by Gasteiger charge is 2.14. The predicted octanol–water partition coefficient (Wildman–Crippen LogP) is 3.96. The van der Waals surface area contributed by atoms with Crippen molar-refractivity contribution >= 4 is 11.6 Å². The minimum absolute atomic E-state index is 0.190. The van der Waals surface area contributed by atoms with Crippen molar-refractivity contribution in [3.05, 3.63) is 70.2 Å². The van der Waals surface area contributed by atoms with Gasteiger partial charge in [-0.1, -0.05) is 54.1 Å². The second kappa shape index (κ2) is 5.35. The van der Waals surface area contributed by atoms with Gasteiger partial charge in [0.2, 0.25) is 0 Å². The van der Waals surface area contributed by atoms with E-state index in [1.54, 1.807) is 0 Å². The molecule has 1 nitrogen and oxygen atoms in total.